The highest BCUT2D eigenvalue weighted by molar-refractivity contribution is 6.30. The molecule has 5 heteroatoms. The van der Waals surface area contributed by atoms with Crippen LogP contribution in [0, 0.1) is 0 Å². The summed E-state index contributed by atoms with van der Waals surface area (Å²) in [6.45, 7) is 6.92. The van der Waals surface area contributed by atoms with Crippen molar-refractivity contribution in [3.05, 3.63) is 106 Å². The van der Waals surface area contributed by atoms with Crippen LogP contribution >= 0.6 is 11.6 Å². The lowest BCUT2D eigenvalue weighted by Crippen LogP contribution is -2.52. The van der Waals surface area contributed by atoms with E-state index in [4.69, 9.17) is 11.6 Å². The van der Waals surface area contributed by atoms with Crippen LogP contribution in [0.2, 0.25) is 5.02 Å². The number of hydrogen-bond donors (Lipinski definition) is 1. The number of amides is 2. The Morgan fingerprint density at radius 3 is 2.21 bits per heavy atom. The second-order valence-corrected chi connectivity index (χ2v) is 12.2. The van der Waals surface area contributed by atoms with Gasteiger partial charge in [-0.25, -0.2) is 0 Å². The monoisotopic (exact) mass is 544 g/mol. The van der Waals surface area contributed by atoms with E-state index < -0.39 is 6.04 Å². The van der Waals surface area contributed by atoms with Gasteiger partial charge in [0.2, 0.25) is 11.8 Å². The summed E-state index contributed by atoms with van der Waals surface area (Å²) in [5, 5.41) is 3.89. The SMILES string of the molecule is CC(C)(C)c1ccc(CCC(=O)N(Cc2cccc(Cl)c2)C(Cc2ccccc2)C(=O)NC2CCCC2)cc1. The maximum Gasteiger partial charge on any atom is 0.243 e. The number of halogens is 1. The third-order valence-corrected chi connectivity index (χ3v) is 7.90. The standard InChI is InChI=1S/C34H41ClN2O2/c1-34(2,3)28-19-16-25(17-20-28)18-21-32(38)37(24-27-12-9-13-29(35)22-27)31(23-26-10-5-4-6-11-26)33(39)36-30-14-7-8-15-30/h4-6,9-13,16-17,19-20,22,30-31H,7-8,14-15,18,21,23-24H2,1-3H3,(H,36,39). The number of aryl methyl sites for hydroxylation is 1. The molecule has 1 fully saturated rings. The Bertz CT molecular complexity index is 1230. The number of rotatable bonds is 10. The number of nitrogens with one attached hydrogen (secondary N) is 1. The summed E-state index contributed by atoms with van der Waals surface area (Å²) in [5.74, 6) is -0.104. The van der Waals surface area contributed by atoms with Crippen LogP contribution in [-0.4, -0.2) is 28.8 Å². The van der Waals surface area contributed by atoms with Crippen LogP contribution in [0.1, 0.15) is 75.1 Å². The van der Waals surface area contributed by atoms with Crippen molar-refractivity contribution in [2.75, 3.05) is 0 Å². The van der Waals surface area contributed by atoms with E-state index >= 15 is 0 Å². The fraction of sp³-hybridized carbons (Fsp3) is 0.412. The van der Waals surface area contributed by atoms with Crippen molar-refractivity contribution in [1.29, 1.82) is 0 Å². The average molecular weight is 545 g/mol. The van der Waals surface area contributed by atoms with Crippen molar-refractivity contribution in [3.8, 4) is 0 Å². The maximum absolute atomic E-state index is 13.9. The summed E-state index contributed by atoms with van der Waals surface area (Å²) in [6.07, 6.45) is 5.68. The van der Waals surface area contributed by atoms with Crippen LogP contribution < -0.4 is 5.32 Å². The predicted molar refractivity (Wildman–Crippen MR) is 160 cm³/mol. The van der Waals surface area contributed by atoms with Gasteiger partial charge in [-0.3, -0.25) is 9.59 Å². The molecule has 4 rings (SSSR count). The molecule has 1 N–H and O–H groups in total. The predicted octanol–water partition coefficient (Wildman–Crippen LogP) is 7.27. The van der Waals surface area contributed by atoms with E-state index in [0.717, 1.165) is 42.4 Å². The van der Waals surface area contributed by atoms with Gasteiger partial charge in [0.15, 0.2) is 0 Å². The second-order valence-electron chi connectivity index (χ2n) is 11.8. The van der Waals surface area contributed by atoms with Crippen molar-refractivity contribution >= 4 is 23.4 Å². The third kappa shape index (κ3) is 8.44. The Balaban J connectivity index is 1.58. The van der Waals surface area contributed by atoms with Crippen molar-refractivity contribution in [2.24, 2.45) is 0 Å². The minimum atomic E-state index is -0.609. The number of carbonyl (C=O) groups is 2. The molecule has 1 aliphatic carbocycles. The van der Waals surface area contributed by atoms with Gasteiger partial charge in [-0.15, -0.1) is 0 Å². The molecule has 2 amide bonds. The molecular formula is C34H41ClN2O2. The summed E-state index contributed by atoms with van der Waals surface area (Å²) in [4.78, 5) is 29.5. The van der Waals surface area contributed by atoms with Gasteiger partial charge >= 0.3 is 0 Å². The molecule has 0 heterocycles. The Morgan fingerprint density at radius 2 is 1.56 bits per heavy atom. The average Bonchev–Trinajstić information content (AvgIpc) is 3.42. The lowest BCUT2D eigenvalue weighted by Gasteiger charge is -2.32. The Morgan fingerprint density at radius 1 is 0.897 bits per heavy atom. The van der Waals surface area contributed by atoms with Crippen LogP contribution in [0.15, 0.2) is 78.9 Å². The van der Waals surface area contributed by atoms with Crippen molar-refractivity contribution in [3.63, 3.8) is 0 Å². The number of carbonyl (C=O) groups excluding carboxylic acids is 2. The zero-order valence-electron chi connectivity index (χ0n) is 23.5. The molecule has 0 saturated heterocycles. The minimum absolute atomic E-state index is 0.0302. The highest BCUT2D eigenvalue weighted by Gasteiger charge is 2.32. The molecule has 3 aromatic carbocycles. The fourth-order valence-corrected chi connectivity index (χ4v) is 5.53. The normalized spacial score (nSPS) is 14.7. The smallest absolute Gasteiger partial charge is 0.243 e. The van der Waals surface area contributed by atoms with Gasteiger partial charge in [-0.1, -0.05) is 112 Å². The largest absolute Gasteiger partial charge is 0.352 e. The Hall–Kier alpha value is -3.11. The van der Waals surface area contributed by atoms with Crippen LogP contribution in [0.3, 0.4) is 0 Å². The topological polar surface area (TPSA) is 49.4 Å². The van der Waals surface area contributed by atoms with Crippen LogP contribution in [0.5, 0.6) is 0 Å². The van der Waals surface area contributed by atoms with E-state index in [0.29, 0.717) is 30.8 Å². The van der Waals surface area contributed by atoms with Crippen LogP contribution in [0.25, 0.3) is 0 Å². The lowest BCUT2D eigenvalue weighted by atomic mass is 9.86. The molecule has 4 nitrogen and oxygen atoms in total. The highest BCUT2D eigenvalue weighted by Crippen LogP contribution is 2.24. The minimum Gasteiger partial charge on any atom is -0.352 e. The molecule has 1 aliphatic rings. The molecule has 1 unspecified atom stereocenters. The van der Waals surface area contributed by atoms with E-state index in [2.05, 4.69) is 50.4 Å². The summed E-state index contributed by atoms with van der Waals surface area (Å²) < 4.78 is 0. The molecular weight excluding hydrogens is 504 g/mol. The third-order valence-electron chi connectivity index (χ3n) is 7.66. The van der Waals surface area contributed by atoms with E-state index in [1.54, 1.807) is 4.90 Å². The van der Waals surface area contributed by atoms with Gasteiger partial charge in [-0.2, -0.15) is 0 Å². The molecule has 0 spiro atoms. The first-order valence-corrected chi connectivity index (χ1v) is 14.5. The molecule has 39 heavy (non-hydrogen) atoms. The first kappa shape index (κ1) is 28.9. The molecule has 0 radical (unpaired) electrons. The van der Waals surface area contributed by atoms with Gasteiger partial charge < -0.3 is 10.2 Å². The number of benzene rings is 3. The van der Waals surface area contributed by atoms with E-state index in [-0.39, 0.29) is 23.3 Å². The zero-order chi connectivity index (χ0) is 27.8. The zero-order valence-corrected chi connectivity index (χ0v) is 24.2. The number of hydrogen-bond acceptors (Lipinski definition) is 2. The molecule has 3 aromatic rings. The van der Waals surface area contributed by atoms with Crippen LogP contribution in [0.4, 0.5) is 0 Å². The van der Waals surface area contributed by atoms with Gasteiger partial charge in [0.1, 0.15) is 6.04 Å². The highest BCUT2D eigenvalue weighted by atomic mass is 35.5. The van der Waals surface area contributed by atoms with Gasteiger partial charge in [-0.05, 0) is 59.1 Å². The van der Waals surface area contributed by atoms with E-state index in [1.807, 2.05) is 54.6 Å². The van der Waals surface area contributed by atoms with E-state index in [1.165, 1.54) is 5.56 Å². The molecule has 206 valence electrons. The molecule has 0 aromatic heterocycles. The van der Waals surface area contributed by atoms with Crippen LogP contribution in [-0.2, 0) is 34.4 Å². The summed E-state index contributed by atoms with van der Waals surface area (Å²) in [7, 11) is 0. The molecule has 0 bridgehead atoms. The molecule has 1 atom stereocenters. The summed E-state index contributed by atoms with van der Waals surface area (Å²) in [6, 6.07) is 25.6. The van der Waals surface area contributed by atoms with Gasteiger partial charge in [0, 0.05) is 30.5 Å². The quantitative estimate of drug-likeness (QED) is 0.292. The Labute approximate surface area is 238 Å². The number of nitrogens with zero attached hydrogens (tertiary/aromatic N) is 1. The molecule has 1 saturated carbocycles. The Kier molecular flexibility index (Phi) is 9.85. The fourth-order valence-electron chi connectivity index (χ4n) is 5.32. The molecule has 0 aliphatic heterocycles. The van der Waals surface area contributed by atoms with E-state index in [9.17, 15) is 9.59 Å². The first-order valence-electron chi connectivity index (χ1n) is 14.2. The lowest BCUT2D eigenvalue weighted by molar-refractivity contribution is -0.141. The van der Waals surface area contributed by atoms with Gasteiger partial charge in [0.25, 0.3) is 0 Å². The van der Waals surface area contributed by atoms with Gasteiger partial charge in [0.05, 0.1) is 0 Å². The summed E-state index contributed by atoms with van der Waals surface area (Å²) >= 11 is 6.30. The van der Waals surface area contributed by atoms with Crippen molar-refractivity contribution in [1.82, 2.24) is 10.2 Å². The van der Waals surface area contributed by atoms with Crippen molar-refractivity contribution in [2.45, 2.75) is 89.8 Å². The van der Waals surface area contributed by atoms with Crippen molar-refractivity contribution < 1.29 is 9.59 Å². The maximum atomic E-state index is 13.9. The summed E-state index contributed by atoms with van der Waals surface area (Å²) in [5.41, 5.74) is 4.42. The second kappa shape index (κ2) is 13.3. The first-order chi connectivity index (χ1) is 18.7.